The monoisotopic (exact) mass is 210 g/mol. The molecule has 1 aromatic rings. The largest absolute Gasteiger partial charge is 0.345 e. The van der Waals surface area contributed by atoms with E-state index in [-0.39, 0.29) is 0 Å². The zero-order valence-corrected chi connectivity index (χ0v) is 8.83. The van der Waals surface area contributed by atoms with E-state index in [4.69, 9.17) is 0 Å². The predicted molar refractivity (Wildman–Crippen MR) is 56.6 cm³/mol. The molecule has 0 aromatic carbocycles. The topological polar surface area (TPSA) is 41.1 Å². The first-order valence-corrected chi connectivity index (χ1v) is 6.06. The normalized spacial score (nSPS) is 31.9. The Kier molecular flexibility index (Phi) is 2.14. The van der Waals surface area contributed by atoms with Crippen LogP contribution in [0.3, 0.4) is 0 Å². The summed E-state index contributed by atoms with van der Waals surface area (Å²) in [5.41, 5.74) is 1.81. The van der Waals surface area contributed by atoms with Gasteiger partial charge in [-0.3, -0.25) is 0 Å². The van der Waals surface area contributed by atoms with Gasteiger partial charge in [0.2, 0.25) is 5.13 Å². The molecule has 0 amide bonds. The third-order valence-corrected chi connectivity index (χ3v) is 3.97. The first kappa shape index (κ1) is 8.61. The molecule has 0 saturated carbocycles. The van der Waals surface area contributed by atoms with E-state index in [0.717, 1.165) is 24.1 Å². The molecule has 2 atom stereocenters. The SMILES string of the molecule is c1nnc(N2C[C@@H]3CCCN[C@@H]3C2)s1. The molecule has 1 N–H and O–H groups in total. The van der Waals surface area contributed by atoms with Crippen molar-refractivity contribution in [2.24, 2.45) is 5.92 Å². The van der Waals surface area contributed by atoms with Gasteiger partial charge in [-0.1, -0.05) is 11.3 Å². The minimum Gasteiger partial charge on any atom is -0.345 e. The minimum absolute atomic E-state index is 0.688. The average Bonchev–Trinajstić information content (AvgIpc) is 2.86. The van der Waals surface area contributed by atoms with E-state index in [2.05, 4.69) is 20.4 Å². The second-order valence-corrected chi connectivity index (χ2v) is 4.90. The highest BCUT2D eigenvalue weighted by Gasteiger charge is 2.35. The fraction of sp³-hybridized carbons (Fsp3) is 0.778. The number of nitrogens with zero attached hydrogens (tertiary/aromatic N) is 3. The number of rotatable bonds is 1. The summed E-state index contributed by atoms with van der Waals surface area (Å²) >= 11 is 1.64. The van der Waals surface area contributed by atoms with Crippen LogP contribution in [-0.2, 0) is 0 Å². The van der Waals surface area contributed by atoms with Crippen molar-refractivity contribution in [1.82, 2.24) is 15.5 Å². The van der Waals surface area contributed by atoms with Crippen LogP contribution in [0.4, 0.5) is 5.13 Å². The summed E-state index contributed by atoms with van der Waals surface area (Å²) in [5, 5.41) is 12.7. The number of fused-ring (bicyclic) bond motifs is 1. The van der Waals surface area contributed by atoms with Gasteiger partial charge in [-0.25, -0.2) is 0 Å². The smallest absolute Gasteiger partial charge is 0.208 e. The van der Waals surface area contributed by atoms with Crippen LogP contribution in [0.5, 0.6) is 0 Å². The number of aromatic nitrogens is 2. The lowest BCUT2D eigenvalue weighted by atomic mass is 9.94. The van der Waals surface area contributed by atoms with Gasteiger partial charge in [0, 0.05) is 19.1 Å². The minimum atomic E-state index is 0.688. The van der Waals surface area contributed by atoms with Crippen LogP contribution in [0.1, 0.15) is 12.8 Å². The maximum absolute atomic E-state index is 4.12. The zero-order chi connectivity index (χ0) is 9.38. The van der Waals surface area contributed by atoms with Crippen LogP contribution in [0.2, 0.25) is 0 Å². The van der Waals surface area contributed by atoms with Crippen LogP contribution in [0, 0.1) is 5.92 Å². The van der Waals surface area contributed by atoms with Gasteiger partial charge >= 0.3 is 0 Å². The number of hydrogen-bond acceptors (Lipinski definition) is 5. The van der Waals surface area contributed by atoms with Crippen LogP contribution >= 0.6 is 11.3 Å². The number of piperidine rings is 1. The highest BCUT2D eigenvalue weighted by atomic mass is 32.1. The lowest BCUT2D eigenvalue weighted by molar-refractivity contribution is 0.340. The third kappa shape index (κ3) is 1.40. The van der Waals surface area contributed by atoms with Crippen LogP contribution < -0.4 is 10.2 Å². The Morgan fingerprint density at radius 1 is 1.50 bits per heavy atom. The van der Waals surface area contributed by atoms with E-state index in [1.807, 2.05) is 5.51 Å². The van der Waals surface area contributed by atoms with Gasteiger partial charge in [-0.15, -0.1) is 10.2 Å². The highest BCUT2D eigenvalue weighted by molar-refractivity contribution is 7.13. The molecule has 2 saturated heterocycles. The van der Waals surface area contributed by atoms with Crippen molar-refractivity contribution >= 4 is 16.5 Å². The summed E-state index contributed by atoms with van der Waals surface area (Å²) in [6.07, 6.45) is 2.69. The molecular formula is C9H14N4S. The second kappa shape index (κ2) is 3.47. The summed E-state index contributed by atoms with van der Waals surface area (Å²) in [4.78, 5) is 2.37. The molecule has 4 nitrogen and oxygen atoms in total. The van der Waals surface area contributed by atoms with Gasteiger partial charge in [0.1, 0.15) is 5.51 Å². The fourth-order valence-electron chi connectivity index (χ4n) is 2.51. The van der Waals surface area contributed by atoms with Crippen LogP contribution in [0.15, 0.2) is 5.51 Å². The molecule has 0 bridgehead atoms. The molecule has 3 heterocycles. The van der Waals surface area contributed by atoms with Crippen molar-refractivity contribution in [3.05, 3.63) is 5.51 Å². The molecule has 0 spiro atoms. The molecule has 2 aliphatic heterocycles. The number of hydrogen-bond donors (Lipinski definition) is 1. The van der Waals surface area contributed by atoms with E-state index >= 15 is 0 Å². The predicted octanol–water partition coefficient (Wildman–Crippen LogP) is 0.726. The first-order chi connectivity index (χ1) is 6.93. The molecule has 0 aliphatic carbocycles. The molecule has 2 aliphatic rings. The van der Waals surface area contributed by atoms with E-state index in [1.54, 1.807) is 11.3 Å². The van der Waals surface area contributed by atoms with E-state index in [0.29, 0.717) is 6.04 Å². The third-order valence-electron chi connectivity index (χ3n) is 3.22. The van der Waals surface area contributed by atoms with Crippen LogP contribution in [0.25, 0.3) is 0 Å². The summed E-state index contributed by atoms with van der Waals surface area (Å²) in [7, 11) is 0. The molecule has 0 radical (unpaired) electrons. The van der Waals surface area contributed by atoms with E-state index in [1.165, 1.54) is 19.4 Å². The fourth-order valence-corrected chi connectivity index (χ4v) is 3.09. The van der Waals surface area contributed by atoms with Gasteiger partial charge < -0.3 is 10.2 Å². The van der Waals surface area contributed by atoms with Gasteiger partial charge in [0.05, 0.1) is 0 Å². The quantitative estimate of drug-likeness (QED) is 0.742. The highest BCUT2D eigenvalue weighted by Crippen LogP contribution is 2.29. The molecule has 3 rings (SSSR count). The number of nitrogens with one attached hydrogen (secondary N) is 1. The Balaban J connectivity index is 1.74. The molecular weight excluding hydrogens is 196 g/mol. The van der Waals surface area contributed by atoms with Crippen molar-refractivity contribution < 1.29 is 0 Å². The lowest BCUT2D eigenvalue weighted by Gasteiger charge is -2.24. The Hall–Kier alpha value is -0.680. The Labute approximate surface area is 87.3 Å². The Bertz CT molecular complexity index is 286. The molecule has 0 unspecified atom stereocenters. The standard InChI is InChI=1S/C9H14N4S/c1-2-7-4-13(5-8(7)10-3-1)9-12-11-6-14-9/h6-8,10H,1-5H2/t7-,8+/m0/s1. The van der Waals surface area contributed by atoms with E-state index in [9.17, 15) is 0 Å². The maximum Gasteiger partial charge on any atom is 0.208 e. The van der Waals surface area contributed by atoms with Crippen molar-refractivity contribution in [2.45, 2.75) is 18.9 Å². The van der Waals surface area contributed by atoms with Crippen LogP contribution in [-0.4, -0.2) is 35.9 Å². The summed E-state index contributed by atoms with van der Waals surface area (Å²) in [6, 6.07) is 0.688. The Morgan fingerprint density at radius 2 is 2.50 bits per heavy atom. The zero-order valence-electron chi connectivity index (χ0n) is 8.02. The molecule has 5 heteroatoms. The Morgan fingerprint density at radius 3 is 3.29 bits per heavy atom. The average molecular weight is 210 g/mol. The molecule has 76 valence electrons. The molecule has 14 heavy (non-hydrogen) atoms. The van der Waals surface area contributed by atoms with Crippen molar-refractivity contribution in [1.29, 1.82) is 0 Å². The van der Waals surface area contributed by atoms with Gasteiger partial charge in [-0.05, 0) is 25.3 Å². The van der Waals surface area contributed by atoms with Gasteiger partial charge in [0.15, 0.2) is 0 Å². The summed E-state index contributed by atoms with van der Waals surface area (Å²) in [6.45, 7) is 3.46. The van der Waals surface area contributed by atoms with Gasteiger partial charge in [-0.2, -0.15) is 0 Å². The molecule has 2 fully saturated rings. The number of anilines is 1. The maximum atomic E-state index is 4.12. The lowest BCUT2D eigenvalue weighted by Crippen LogP contribution is -2.40. The first-order valence-electron chi connectivity index (χ1n) is 5.18. The van der Waals surface area contributed by atoms with Crippen molar-refractivity contribution in [3.63, 3.8) is 0 Å². The van der Waals surface area contributed by atoms with Crippen molar-refractivity contribution in [3.8, 4) is 0 Å². The van der Waals surface area contributed by atoms with E-state index < -0.39 is 0 Å². The van der Waals surface area contributed by atoms with Crippen molar-refractivity contribution in [2.75, 3.05) is 24.5 Å². The molecule has 1 aromatic heterocycles. The summed E-state index contributed by atoms with van der Waals surface area (Å²) < 4.78 is 0. The second-order valence-electron chi connectivity index (χ2n) is 4.09. The summed E-state index contributed by atoms with van der Waals surface area (Å²) in [5.74, 6) is 0.827. The van der Waals surface area contributed by atoms with Gasteiger partial charge in [0.25, 0.3) is 0 Å².